The Morgan fingerprint density at radius 1 is 0.315 bits per heavy atom. The molecule has 0 saturated carbocycles. The van der Waals surface area contributed by atoms with E-state index in [1.807, 2.05) is 54.6 Å². The van der Waals surface area contributed by atoms with Crippen molar-refractivity contribution in [2.75, 3.05) is 0 Å². The second kappa shape index (κ2) is 12.1. The molecule has 0 atom stereocenters. The molecule has 5 heteroatoms. The zero-order valence-electron chi connectivity index (χ0n) is 28.9. The van der Waals surface area contributed by atoms with Crippen LogP contribution in [0.3, 0.4) is 0 Å². The highest BCUT2D eigenvalue weighted by atomic mass is 16.3. The van der Waals surface area contributed by atoms with Gasteiger partial charge in [0.15, 0.2) is 17.5 Å². The van der Waals surface area contributed by atoms with Gasteiger partial charge in [-0.2, -0.15) is 0 Å². The lowest BCUT2D eigenvalue weighted by Gasteiger charge is -2.14. The molecular weight excluding hydrogens is 663 g/mol. The van der Waals surface area contributed by atoms with Gasteiger partial charge in [-0.1, -0.05) is 133 Å². The van der Waals surface area contributed by atoms with Gasteiger partial charge in [-0.3, -0.25) is 0 Å². The fourth-order valence-corrected chi connectivity index (χ4v) is 7.81. The molecule has 3 aromatic heterocycles. The van der Waals surface area contributed by atoms with Gasteiger partial charge < -0.3 is 8.83 Å². The van der Waals surface area contributed by atoms with Crippen LogP contribution in [0.15, 0.2) is 185 Å². The van der Waals surface area contributed by atoms with E-state index in [9.17, 15) is 0 Å². The van der Waals surface area contributed by atoms with Crippen molar-refractivity contribution >= 4 is 54.6 Å². The van der Waals surface area contributed by atoms with Gasteiger partial charge >= 0.3 is 0 Å². The maximum Gasteiger partial charge on any atom is 0.165 e. The second-order valence-corrected chi connectivity index (χ2v) is 13.6. The lowest BCUT2D eigenvalue weighted by Crippen LogP contribution is -2.01. The van der Waals surface area contributed by atoms with Crippen LogP contribution in [0.25, 0.3) is 111 Å². The first-order valence-corrected chi connectivity index (χ1v) is 18.0. The Labute approximate surface area is 309 Å². The molecule has 0 aliphatic carbocycles. The van der Waals surface area contributed by atoms with Gasteiger partial charge in [-0.15, -0.1) is 0 Å². The fraction of sp³-hybridized carbons (Fsp3) is 0. The summed E-state index contributed by atoms with van der Waals surface area (Å²) in [5.74, 6) is 1.74. The summed E-state index contributed by atoms with van der Waals surface area (Å²) in [5, 5.41) is 6.29. The highest BCUT2D eigenvalue weighted by molar-refractivity contribution is 6.20. The van der Waals surface area contributed by atoms with E-state index in [0.29, 0.717) is 17.5 Å². The number of hydrogen-bond donors (Lipinski definition) is 0. The summed E-state index contributed by atoms with van der Waals surface area (Å²) in [5.41, 5.74) is 10.1. The molecule has 0 radical (unpaired) electrons. The van der Waals surface area contributed by atoms with Crippen molar-refractivity contribution in [2.24, 2.45) is 0 Å². The number of nitrogens with zero attached hydrogens (tertiary/aromatic N) is 3. The summed E-state index contributed by atoms with van der Waals surface area (Å²) in [4.78, 5) is 15.8. The number of fused-ring (bicyclic) bond motifs is 7. The molecule has 54 heavy (non-hydrogen) atoms. The monoisotopic (exact) mass is 691 g/mol. The molecule has 0 aliphatic rings. The van der Waals surface area contributed by atoms with Crippen LogP contribution in [0.4, 0.5) is 0 Å². The van der Waals surface area contributed by atoms with Crippen LogP contribution < -0.4 is 0 Å². The van der Waals surface area contributed by atoms with Crippen LogP contribution in [0.1, 0.15) is 0 Å². The van der Waals surface area contributed by atoms with Gasteiger partial charge in [0.1, 0.15) is 22.3 Å². The molecule has 0 spiro atoms. The molecular formula is C49H29N3O2. The lowest BCUT2D eigenvalue weighted by atomic mass is 9.91. The molecule has 3 heterocycles. The third-order valence-electron chi connectivity index (χ3n) is 10.3. The first kappa shape index (κ1) is 30.3. The van der Waals surface area contributed by atoms with E-state index in [1.54, 1.807) is 0 Å². The molecule has 5 nitrogen and oxygen atoms in total. The van der Waals surface area contributed by atoms with Crippen molar-refractivity contribution in [3.8, 4) is 56.4 Å². The second-order valence-electron chi connectivity index (χ2n) is 13.6. The fourth-order valence-electron chi connectivity index (χ4n) is 7.81. The van der Waals surface area contributed by atoms with Crippen molar-refractivity contribution < 1.29 is 8.83 Å². The number of benzene rings is 8. The van der Waals surface area contributed by atoms with Gasteiger partial charge in [0.2, 0.25) is 0 Å². The molecule has 0 N–H and O–H groups in total. The van der Waals surface area contributed by atoms with Gasteiger partial charge in [-0.05, 0) is 75.5 Å². The number of para-hydroxylation sites is 1. The van der Waals surface area contributed by atoms with Crippen LogP contribution in [-0.2, 0) is 0 Å². The summed E-state index contributed by atoms with van der Waals surface area (Å²) < 4.78 is 13.1. The third kappa shape index (κ3) is 4.90. The summed E-state index contributed by atoms with van der Waals surface area (Å²) >= 11 is 0. The van der Waals surface area contributed by atoms with Crippen molar-refractivity contribution in [3.05, 3.63) is 176 Å². The van der Waals surface area contributed by atoms with Crippen LogP contribution in [0, 0.1) is 0 Å². The van der Waals surface area contributed by atoms with Crippen LogP contribution in [0.2, 0.25) is 0 Å². The Morgan fingerprint density at radius 3 is 1.74 bits per heavy atom. The summed E-state index contributed by atoms with van der Waals surface area (Å²) in [6.07, 6.45) is 0. The number of furan rings is 2. The third-order valence-corrected chi connectivity index (χ3v) is 10.3. The Bertz CT molecular complexity index is 3220. The van der Waals surface area contributed by atoms with Gasteiger partial charge in [0, 0.05) is 38.2 Å². The van der Waals surface area contributed by atoms with E-state index in [0.717, 1.165) is 93.6 Å². The Balaban J connectivity index is 1.26. The minimum Gasteiger partial charge on any atom is -0.456 e. The molecule has 8 aromatic carbocycles. The minimum atomic E-state index is 0.560. The zero-order valence-corrected chi connectivity index (χ0v) is 28.9. The summed E-state index contributed by atoms with van der Waals surface area (Å²) in [7, 11) is 0. The highest BCUT2D eigenvalue weighted by Gasteiger charge is 2.24. The van der Waals surface area contributed by atoms with E-state index >= 15 is 0 Å². The Kier molecular flexibility index (Phi) is 6.79. The van der Waals surface area contributed by atoms with Crippen molar-refractivity contribution in [2.45, 2.75) is 0 Å². The molecule has 0 aliphatic heterocycles. The first-order valence-electron chi connectivity index (χ1n) is 18.0. The van der Waals surface area contributed by atoms with Crippen LogP contribution in [0.5, 0.6) is 0 Å². The Hall–Kier alpha value is -7.37. The van der Waals surface area contributed by atoms with E-state index < -0.39 is 0 Å². The predicted molar refractivity (Wildman–Crippen MR) is 219 cm³/mol. The summed E-state index contributed by atoms with van der Waals surface area (Å²) in [6.45, 7) is 0. The highest BCUT2D eigenvalue weighted by Crippen LogP contribution is 2.46. The van der Waals surface area contributed by atoms with Crippen LogP contribution >= 0.6 is 0 Å². The summed E-state index contributed by atoms with van der Waals surface area (Å²) in [6, 6.07) is 60.3. The Morgan fingerprint density at radius 2 is 0.907 bits per heavy atom. The lowest BCUT2D eigenvalue weighted by molar-refractivity contribution is 0.669. The van der Waals surface area contributed by atoms with E-state index in [4.69, 9.17) is 23.8 Å². The molecule has 0 bridgehead atoms. The zero-order chi connectivity index (χ0) is 35.6. The number of hydrogen-bond acceptors (Lipinski definition) is 5. The van der Waals surface area contributed by atoms with E-state index in [2.05, 4.69) is 121 Å². The van der Waals surface area contributed by atoms with Gasteiger partial charge in [0.25, 0.3) is 0 Å². The van der Waals surface area contributed by atoms with Gasteiger partial charge in [0.05, 0.1) is 0 Å². The van der Waals surface area contributed by atoms with Crippen molar-refractivity contribution in [3.63, 3.8) is 0 Å². The molecule has 11 rings (SSSR count). The smallest absolute Gasteiger partial charge is 0.165 e. The van der Waals surface area contributed by atoms with Crippen LogP contribution in [-0.4, -0.2) is 15.0 Å². The average molecular weight is 692 g/mol. The van der Waals surface area contributed by atoms with Crippen molar-refractivity contribution in [1.82, 2.24) is 15.0 Å². The molecule has 252 valence electrons. The maximum absolute atomic E-state index is 6.66. The molecule has 0 saturated heterocycles. The molecule has 0 amide bonds. The van der Waals surface area contributed by atoms with E-state index in [1.165, 1.54) is 0 Å². The quantitative estimate of drug-likeness (QED) is 0.180. The topological polar surface area (TPSA) is 65.0 Å². The number of rotatable bonds is 5. The normalized spacial score (nSPS) is 11.7. The largest absolute Gasteiger partial charge is 0.456 e. The maximum atomic E-state index is 6.66. The molecule has 11 aromatic rings. The SMILES string of the molecule is c1ccc(-c2cccc(-c3nc(-c4ccccc4)nc(-c4c(-c5cccc6oc7ccccc7c56)ccc5oc6cc7ccccc7cc6c45)n3)c2)cc1. The number of aromatic nitrogens is 3. The molecule has 0 unspecified atom stereocenters. The van der Waals surface area contributed by atoms with E-state index in [-0.39, 0.29) is 0 Å². The van der Waals surface area contributed by atoms with Gasteiger partial charge in [-0.25, -0.2) is 15.0 Å². The predicted octanol–water partition coefficient (Wildman–Crippen LogP) is 13.2. The average Bonchev–Trinajstić information content (AvgIpc) is 3.81. The molecule has 0 fully saturated rings. The van der Waals surface area contributed by atoms with Crippen molar-refractivity contribution in [1.29, 1.82) is 0 Å². The minimum absolute atomic E-state index is 0.560. The first-order chi connectivity index (χ1) is 26.7. The standard InChI is InChI=1S/C49H29N3O2/c1-3-13-30(14-4-1)32-19-11-20-35(27-32)48-50-47(31-15-5-2-6-16-31)51-49(52-48)46-37(36-22-12-24-41-44(36)38-21-9-10-23-40(38)53-41)25-26-42-45(46)39-28-33-17-7-8-18-34(33)29-43(39)54-42/h1-29H.